The summed E-state index contributed by atoms with van der Waals surface area (Å²) < 4.78 is 21.9. The van der Waals surface area contributed by atoms with E-state index in [0.717, 1.165) is 37.5 Å². The highest BCUT2D eigenvalue weighted by Crippen LogP contribution is 2.43. The molecule has 0 unspecified atom stereocenters. The zero-order valence-corrected chi connectivity index (χ0v) is 19.5. The van der Waals surface area contributed by atoms with Crippen molar-refractivity contribution >= 4 is 7.82 Å². The molecule has 0 aromatic rings. The molecule has 27 heavy (non-hydrogen) atoms. The molecule has 0 aliphatic heterocycles. The van der Waals surface area contributed by atoms with Gasteiger partial charge in [0.15, 0.2) is 0 Å². The van der Waals surface area contributed by atoms with Crippen molar-refractivity contribution in [1.82, 2.24) is 0 Å². The van der Waals surface area contributed by atoms with E-state index in [2.05, 4.69) is 27.7 Å². The summed E-state index contributed by atoms with van der Waals surface area (Å²) in [7, 11) is -3.85. The van der Waals surface area contributed by atoms with E-state index < -0.39 is 7.82 Å². The second kappa shape index (κ2) is 18.2. The maximum atomic E-state index is 11.8. The third kappa shape index (κ3) is 22.3. The van der Waals surface area contributed by atoms with Crippen LogP contribution in [0.2, 0.25) is 0 Å². The number of hydrogen-bond donors (Lipinski definition) is 1. The van der Waals surface area contributed by atoms with Crippen LogP contribution in [-0.4, -0.2) is 18.1 Å². The minimum Gasteiger partial charge on any atom is -0.302 e. The SMILES string of the molecule is CC(C)CCCCCCCCOP(=O)(O)OCCCCCCCCC(C)C. The number of phosphoric ester groups is 1. The second-order valence-electron chi connectivity index (χ2n) is 8.74. The van der Waals surface area contributed by atoms with E-state index in [9.17, 15) is 9.46 Å². The van der Waals surface area contributed by atoms with E-state index in [0.29, 0.717) is 13.2 Å². The van der Waals surface area contributed by atoms with Gasteiger partial charge in [0.1, 0.15) is 0 Å². The predicted molar refractivity (Wildman–Crippen MR) is 116 cm³/mol. The molecule has 4 nitrogen and oxygen atoms in total. The van der Waals surface area contributed by atoms with Crippen LogP contribution in [0.15, 0.2) is 0 Å². The molecule has 0 aliphatic carbocycles. The standard InChI is InChI=1S/C22H47O4P/c1-21(2)17-13-9-5-7-11-15-19-25-27(23,24)26-20-16-12-8-6-10-14-18-22(3)4/h21-22H,5-20H2,1-4H3,(H,23,24). The molecule has 0 fully saturated rings. The first-order valence-corrected chi connectivity index (χ1v) is 12.9. The van der Waals surface area contributed by atoms with Crippen LogP contribution in [0.5, 0.6) is 0 Å². The van der Waals surface area contributed by atoms with E-state index in [-0.39, 0.29) is 0 Å². The second-order valence-corrected chi connectivity index (χ2v) is 10.2. The van der Waals surface area contributed by atoms with Crippen molar-refractivity contribution in [1.29, 1.82) is 0 Å². The van der Waals surface area contributed by atoms with Gasteiger partial charge in [0.25, 0.3) is 0 Å². The van der Waals surface area contributed by atoms with Gasteiger partial charge in [-0.15, -0.1) is 0 Å². The third-order valence-corrected chi connectivity index (χ3v) is 5.88. The molecule has 0 aromatic heterocycles. The summed E-state index contributed by atoms with van der Waals surface area (Å²) >= 11 is 0. The van der Waals surface area contributed by atoms with E-state index in [4.69, 9.17) is 9.05 Å². The Morgan fingerprint density at radius 2 is 0.889 bits per heavy atom. The Labute approximate surface area is 169 Å². The minimum absolute atomic E-state index is 0.315. The van der Waals surface area contributed by atoms with Gasteiger partial charge in [0.2, 0.25) is 0 Å². The van der Waals surface area contributed by atoms with Crippen molar-refractivity contribution in [2.75, 3.05) is 13.2 Å². The molecule has 0 aromatic carbocycles. The largest absolute Gasteiger partial charge is 0.472 e. The van der Waals surface area contributed by atoms with Crippen molar-refractivity contribution in [2.24, 2.45) is 11.8 Å². The average molecular weight is 407 g/mol. The molecule has 0 saturated carbocycles. The van der Waals surface area contributed by atoms with E-state index >= 15 is 0 Å². The molecule has 0 aliphatic rings. The first-order chi connectivity index (χ1) is 12.8. The lowest BCUT2D eigenvalue weighted by Crippen LogP contribution is -1.99. The summed E-state index contributed by atoms with van der Waals surface area (Å²) in [5.74, 6) is 1.60. The molecule has 0 amide bonds. The Morgan fingerprint density at radius 3 is 1.22 bits per heavy atom. The molecule has 0 saturated heterocycles. The fourth-order valence-electron chi connectivity index (χ4n) is 3.12. The molecule has 0 radical (unpaired) electrons. The zero-order chi connectivity index (χ0) is 20.4. The highest BCUT2D eigenvalue weighted by Gasteiger charge is 2.19. The first kappa shape index (κ1) is 27.1. The molecule has 0 bridgehead atoms. The molecule has 5 heteroatoms. The van der Waals surface area contributed by atoms with E-state index in [1.54, 1.807) is 0 Å². The van der Waals surface area contributed by atoms with Gasteiger partial charge in [-0.2, -0.15) is 0 Å². The monoisotopic (exact) mass is 406 g/mol. The van der Waals surface area contributed by atoms with Crippen LogP contribution in [0.3, 0.4) is 0 Å². The van der Waals surface area contributed by atoms with E-state index in [1.807, 2.05) is 0 Å². The Bertz CT molecular complexity index is 328. The van der Waals surface area contributed by atoms with Crippen LogP contribution >= 0.6 is 7.82 Å². The molecule has 0 spiro atoms. The van der Waals surface area contributed by atoms with Crippen LogP contribution in [0, 0.1) is 11.8 Å². The van der Waals surface area contributed by atoms with Gasteiger partial charge < -0.3 is 4.89 Å². The number of phosphoric acid groups is 1. The molecule has 0 heterocycles. The van der Waals surface area contributed by atoms with Crippen molar-refractivity contribution in [3.63, 3.8) is 0 Å². The maximum absolute atomic E-state index is 11.8. The first-order valence-electron chi connectivity index (χ1n) is 11.5. The summed E-state index contributed by atoms with van der Waals surface area (Å²) in [5.41, 5.74) is 0. The topological polar surface area (TPSA) is 55.8 Å². The van der Waals surface area contributed by atoms with Gasteiger partial charge >= 0.3 is 7.82 Å². The number of unbranched alkanes of at least 4 members (excludes halogenated alkanes) is 10. The molecule has 164 valence electrons. The Hall–Kier alpha value is 0.110. The van der Waals surface area contributed by atoms with Crippen LogP contribution in [0.25, 0.3) is 0 Å². The summed E-state index contributed by atoms with van der Waals surface area (Å²) in [4.78, 5) is 9.67. The summed E-state index contributed by atoms with van der Waals surface area (Å²) in [6.45, 7) is 9.69. The normalized spacial score (nSPS) is 12.4. The molecule has 1 N–H and O–H groups in total. The van der Waals surface area contributed by atoms with Gasteiger partial charge in [-0.1, -0.05) is 105 Å². The Kier molecular flexibility index (Phi) is 18.2. The summed E-state index contributed by atoms with van der Waals surface area (Å²) in [6, 6.07) is 0. The van der Waals surface area contributed by atoms with Gasteiger partial charge in [-0.25, -0.2) is 4.57 Å². The lowest BCUT2D eigenvalue weighted by Gasteiger charge is -2.12. The van der Waals surface area contributed by atoms with Crippen LogP contribution in [0.4, 0.5) is 0 Å². The molecule has 0 atom stereocenters. The minimum atomic E-state index is -3.85. The van der Waals surface area contributed by atoms with Crippen LogP contribution in [-0.2, 0) is 13.6 Å². The highest BCUT2D eigenvalue weighted by atomic mass is 31.2. The predicted octanol–water partition coefficient (Wildman–Crippen LogP) is 7.89. The van der Waals surface area contributed by atoms with Crippen LogP contribution in [0.1, 0.15) is 118 Å². The van der Waals surface area contributed by atoms with Crippen LogP contribution < -0.4 is 0 Å². The smallest absolute Gasteiger partial charge is 0.302 e. The maximum Gasteiger partial charge on any atom is 0.472 e. The Balaban J connectivity index is 3.37. The Morgan fingerprint density at radius 1 is 0.593 bits per heavy atom. The third-order valence-electron chi connectivity index (χ3n) is 4.86. The average Bonchev–Trinajstić information content (AvgIpc) is 2.58. The fraction of sp³-hybridized carbons (Fsp3) is 1.00. The van der Waals surface area contributed by atoms with Crippen molar-refractivity contribution < 1.29 is 18.5 Å². The summed E-state index contributed by atoms with van der Waals surface area (Å²) in [6.07, 6.45) is 16.4. The quantitative estimate of drug-likeness (QED) is 0.165. The molecular formula is C22H47O4P. The highest BCUT2D eigenvalue weighted by molar-refractivity contribution is 7.47. The fourth-order valence-corrected chi connectivity index (χ4v) is 3.91. The molecular weight excluding hydrogens is 359 g/mol. The van der Waals surface area contributed by atoms with Crippen molar-refractivity contribution in [3.8, 4) is 0 Å². The lowest BCUT2D eigenvalue weighted by atomic mass is 10.0. The number of hydrogen-bond acceptors (Lipinski definition) is 3. The molecule has 0 rings (SSSR count). The summed E-state index contributed by atoms with van der Waals surface area (Å²) in [5, 5.41) is 0. The van der Waals surface area contributed by atoms with Crippen molar-refractivity contribution in [3.05, 3.63) is 0 Å². The number of rotatable bonds is 20. The van der Waals surface area contributed by atoms with Gasteiger partial charge in [0.05, 0.1) is 13.2 Å². The van der Waals surface area contributed by atoms with E-state index in [1.165, 1.54) is 64.2 Å². The van der Waals surface area contributed by atoms with Crippen molar-refractivity contribution in [2.45, 2.75) is 118 Å². The van der Waals surface area contributed by atoms with Gasteiger partial charge in [-0.3, -0.25) is 9.05 Å². The zero-order valence-electron chi connectivity index (χ0n) is 18.6. The van der Waals surface area contributed by atoms with Gasteiger partial charge in [0, 0.05) is 0 Å². The van der Waals surface area contributed by atoms with Gasteiger partial charge in [-0.05, 0) is 24.7 Å². The lowest BCUT2D eigenvalue weighted by molar-refractivity contribution is 0.145.